The molecular weight excluding hydrogens is 202 g/mol. The maximum atomic E-state index is 5.35. The van der Waals surface area contributed by atoms with E-state index in [-0.39, 0.29) is 0 Å². The molecule has 0 fully saturated rings. The van der Waals surface area contributed by atoms with Crippen LogP contribution >= 0.6 is 0 Å². The average molecular weight is 215 g/mol. The van der Waals surface area contributed by atoms with Gasteiger partial charge < -0.3 is 5.43 Å². The highest BCUT2D eigenvalue weighted by Crippen LogP contribution is 2.07. The summed E-state index contributed by atoms with van der Waals surface area (Å²) in [5.41, 5.74) is 4.39. The Morgan fingerprint density at radius 2 is 2.12 bits per heavy atom. The lowest BCUT2D eigenvalue weighted by Crippen LogP contribution is -2.30. The summed E-state index contributed by atoms with van der Waals surface area (Å²) in [7, 11) is 1.68. The largest absolute Gasteiger partial charge is 0.308 e. The Bertz CT molecular complexity index is 486. The number of benzene rings is 1. The molecule has 0 amide bonds. The number of aromatic nitrogens is 2. The van der Waals surface area contributed by atoms with Crippen molar-refractivity contribution in [2.75, 3.05) is 7.05 Å². The van der Waals surface area contributed by atoms with Gasteiger partial charge in [0.05, 0.1) is 17.4 Å². The van der Waals surface area contributed by atoms with Gasteiger partial charge in [0.25, 0.3) is 0 Å². The van der Waals surface area contributed by atoms with Gasteiger partial charge in [0.2, 0.25) is 0 Å². The van der Waals surface area contributed by atoms with Gasteiger partial charge in [0, 0.05) is 13.2 Å². The number of nitrogens with two attached hydrogens (primary N) is 1. The van der Waals surface area contributed by atoms with Crippen molar-refractivity contribution < 1.29 is 0 Å². The number of nitrogens with one attached hydrogen (secondary N) is 1. The minimum absolute atomic E-state index is 0.613. The quantitative estimate of drug-likeness (QED) is 0.335. The van der Waals surface area contributed by atoms with E-state index in [9.17, 15) is 0 Å². The molecule has 5 heteroatoms. The van der Waals surface area contributed by atoms with Crippen LogP contribution in [0.25, 0.3) is 5.69 Å². The van der Waals surface area contributed by atoms with E-state index in [1.165, 1.54) is 0 Å². The fourth-order valence-corrected chi connectivity index (χ4v) is 1.44. The molecule has 0 radical (unpaired) electrons. The highest BCUT2D eigenvalue weighted by Gasteiger charge is 2.04. The Hall–Kier alpha value is -2.14. The Balaban J connectivity index is 2.34. The molecule has 1 aromatic heterocycles. The number of hydrazine groups is 1. The minimum atomic E-state index is 0.613. The van der Waals surface area contributed by atoms with E-state index in [1.807, 2.05) is 36.5 Å². The van der Waals surface area contributed by atoms with E-state index in [0.29, 0.717) is 5.84 Å². The molecule has 0 spiro atoms. The number of amidine groups is 1. The number of hydrogen-bond acceptors (Lipinski definition) is 3. The number of rotatable bonds is 2. The zero-order chi connectivity index (χ0) is 11.4. The molecule has 82 valence electrons. The van der Waals surface area contributed by atoms with Gasteiger partial charge in [-0.2, -0.15) is 5.10 Å². The van der Waals surface area contributed by atoms with Gasteiger partial charge in [0.1, 0.15) is 5.84 Å². The number of para-hydroxylation sites is 1. The van der Waals surface area contributed by atoms with Gasteiger partial charge in [-0.1, -0.05) is 18.2 Å². The molecule has 0 unspecified atom stereocenters. The van der Waals surface area contributed by atoms with Crippen LogP contribution in [-0.2, 0) is 0 Å². The van der Waals surface area contributed by atoms with Crippen molar-refractivity contribution in [1.82, 2.24) is 15.2 Å². The molecule has 0 atom stereocenters. The summed E-state index contributed by atoms with van der Waals surface area (Å²) in [6.07, 6.45) is 3.59. The Kier molecular flexibility index (Phi) is 2.98. The first kappa shape index (κ1) is 10.4. The topological polar surface area (TPSA) is 68.2 Å². The Morgan fingerprint density at radius 3 is 2.75 bits per heavy atom. The average Bonchev–Trinajstić information content (AvgIpc) is 2.81. The molecule has 0 aliphatic heterocycles. The Morgan fingerprint density at radius 1 is 1.38 bits per heavy atom. The van der Waals surface area contributed by atoms with E-state index in [4.69, 9.17) is 5.84 Å². The zero-order valence-corrected chi connectivity index (χ0v) is 8.96. The van der Waals surface area contributed by atoms with Crippen LogP contribution in [0.3, 0.4) is 0 Å². The molecule has 16 heavy (non-hydrogen) atoms. The molecule has 3 N–H and O–H groups in total. The summed E-state index contributed by atoms with van der Waals surface area (Å²) in [5.74, 6) is 5.96. The van der Waals surface area contributed by atoms with Crippen molar-refractivity contribution in [2.45, 2.75) is 0 Å². The van der Waals surface area contributed by atoms with Crippen LogP contribution in [-0.4, -0.2) is 22.7 Å². The van der Waals surface area contributed by atoms with Crippen LogP contribution < -0.4 is 11.3 Å². The molecule has 5 nitrogen and oxygen atoms in total. The van der Waals surface area contributed by atoms with Crippen molar-refractivity contribution in [2.24, 2.45) is 10.8 Å². The summed E-state index contributed by atoms with van der Waals surface area (Å²) in [6.45, 7) is 0. The van der Waals surface area contributed by atoms with E-state index in [0.717, 1.165) is 11.3 Å². The molecule has 2 aromatic rings. The van der Waals surface area contributed by atoms with Crippen LogP contribution in [0, 0.1) is 0 Å². The van der Waals surface area contributed by atoms with E-state index in [1.54, 1.807) is 17.9 Å². The molecule has 0 saturated heterocycles. The fraction of sp³-hybridized carbons (Fsp3) is 0.0909. The smallest absolute Gasteiger partial charge is 0.145 e. The maximum Gasteiger partial charge on any atom is 0.145 e. The first-order chi connectivity index (χ1) is 7.85. The van der Waals surface area contributed by atoms with E-state index >= 15 is 0 Å². The predicted octanol–water partition coefficient (Wildman–Crippen LogP) is 0.712. The zero-order valence-electron chi connectivity index (χ0n) is 8.96. The molecule has 1 aromatic carbocycles. The second-order valence-electron chi connectivity index (χ2n) is 3.23. The highest BCUT2D eigenvalue weighted by atomic mass is 15.3. The SMILES string of the molecule is CN=C(NN)c1cnn(-c2ccccc2)c1. The van der Waals surface area contributed by atoms with Crippen molar-refractivity contribution in [3.63, 3.8) is 0 Å². The fourth-order valence-electron chi connectivity index (χ4n) is 1.44. The summed E-state index contributed by atoms with van der Waals surface area (Å²) in [6, 6.07) is 9.86. The van der Waals surface area contributed by atoms with Crippen LogP contribution in [0.4, 0.5) is 0 Å². The molecule has 2 rings (SSSR count). The molecule has 0 aliphatic rings. The first-order valence-electron chi connectivity index (χ1n) is 4.89. The highest BCUT2D eigenvalue weighted by molar-refractivity contribution is 5.97. The van der Waals surface area contributed by atoms with Crippen molar-refractivity contribution in [3.05, 3.63) is 48.3 Å². The molecule has 1 heterocycles. The minimum Gasteiger partial charge on any atom is -0.308 e. The van der Waals surface area contributed by atoms with Crippen molar-refractivity contribution in [3.8, 4) is 5.69 Å². The van der Waals surface area contributed by atoms with E-state index < -0.39 is 0 Å². The summed E-state index contributed by atoms with van der Waals surface area (Å²) >= 11 is 0. The summed E-state index contributed by atoms with van der Waals surface area (Å²) in [5, 5.41) is 4.24. The lowest BCUT2D eigenvalue weighted by Gasteiger charge is -2.00. The molecule has 0 bridgehead atoms. The van der Waals surface area contributed by atoms with Gasteiger partial charge in [-0.25, -0.2) is 10.5 Å². The van der Waals surface area contributed by atoms with Crippen molar-refractivity contribution >= 4 is 5.84 Å². The third-order valence-corrected chi connectivity index (χ3v) is 2.24. The first-order valence-corrected chi connectivity index (χ1v) is 4.89. The lowest BCUT2D eigenvalue weighted by atomic mass is 10.3. The normalized spacial score (nSPS) is 11.5. The van der Waals surface area contributed by atoms with E-state index in [2.05, 4.69) is 15.5 Å². The van der Waals surface area contributed by atoms with Crippen molar-refractivity contribution in [1.29, 1.82) is 0 Å². The molecular formula is C11H13N5. The van der Waals surface area contributed by atoms with Gasteiger partial charge in [-0.3, -0.25) is 4.99 Å². The van der Waals surface area contributed by atoms with Crippen LogP contribution in [0.15, 0.2) is 47.7 Å². The van der Waals surface area contributed by atoms with Gasteiger partial charge in [-0.05, 0) is 12.1 Å². The second-order valence-corrected chi connectivity index (χ2v) is 3.23. The number of aliphatic imine (C=N–C) groups is 1. The van der Waals surface area contributed by atoms with Crippen LogP contribution in [0.2, 0.25) is 0 Å². The monoisotopic (exact) mass is 215 g/mol. The molecule has 0 aliphatic carbocycles. The third-order valence-electron chi connectivity index (χ3n) is 2.24. The molecule has 0 saturated carbocycles. The van der Waals surface area contributed by atoms with Crippen LogP contribution in [0.1, 0.15) is 5.56 Å². The van der Waals surface area contributed by atoms with Gasteiger partial charge >= 0.3 is 0 Å². The number of nitrogens with zero attached hydrogens (tertiary/aromatic N) is 3. The summed E-state index contributed by atoms with van der Waals surface area (Å²) in [4.78, 5) is 4.01. The second kappa shape index (κ2) is 4.59. The summed E-state index contributed by atoms with van der Waals surface area (Å²) < 4.78 is 1.78. The van der Waals surface area contributed by atoms with Gasteiger partial charge in [-0.15, -0.1) is 0 Å². The third kappa shape index (κ3) is 1.94. The van der Waals surface area contributed by atoms with Crippen LogP contribution in [0.5, 0.6) is 0 Å². The Labute approximate surface area is 93.6 Å². The van der Waals surface area contributed by atoms with Gasteiger partial charge in [0.15, 0.2) is 0 Å². The maximum absolute atomic E-state index is 5.35. The number of hydrogen-bond donors (Lipinski definition) is 2. The predicted molar refractivity (Wildman–Crippen MR) is 63.3 cm³/mol. The lowest BCUT2D eigenvalue weighted by molar-refractivity contribution is 0.880. The standard InChI is InChI=1S/C11H13N5/c1-13-11(15-12)9-7-14-16(8-9)10-5-3-2-4-6-10/h2-8H,12H2,1H3,(H,13,15).